The molecule has 2 amide bonds. The zero-order valence-electron chi connectivity index (χ0n) is 21.0. The van der Waals surface area contributed by atoms with Crippen molar-refractivity contribution < 1.29 is 28.3 Å². The maximum Gasteiger partial charge on any atom is 0.434 e. The molecule has 0 aromatic carbocycles. The Labute approximate surface area is 187 Å². The summed E-state index contributed by atoms with van der Waals surface area (Å²) < 4.78 is 29.2. The third-order valence-electron chi connectivity index (χ3n) is 4.56. The molecule has 0 saturated heterocycles. The molecular formula is C20H34N6O5. The molecule has 11 nitrogen and oxygen atoms in total. The Balaban J connectivity index is 3.55. The minimum absolute atomic E-state index is 0.0151. The normalized spacial score (nSPS) is 24.1. The van der Waals surface area contributed by atoms with E-state index in [-0.39, 0.29) is 13.0 Å². The minimum atomic E-state index is -3.13. The number of hydrogen-bond donors (Lipinski definition) is 4. The van der Waals surface area contributed by atoms with Crippen molar-refractivity contribution in [2.24, 2.45) is 10.7 Å². The van der Waals surface area contributed by atoms with E-state index in [4.69, 9.17) is 20.0 Å². The number of guanidine groups is 2. The number of rotatable bonds is 1. The van der Waals surface area contributed by atoms with E-state index >= 15 is 0 Å². The largest absolute Gasteiger partial charge is 0.464 e. The van der Waals surface area contributed by atoms with Gasteiger partial charge in [-0.05, 0) is 46.0 Å². The molecule has 1 aliphatic rings. The number of ether oxygens (including phenoxy) is 1. The van der Waals surface area contributed by atoms with E-state index in [0.717, 1.165) is 19.3 Å². The van der Waals surface area contributed by atoms with Crippen LogP contribution in [0.2, 0.25) is 0 Å². The van der Waals surface area contributed by atoms with Gasteiger partial charge in [-0.25, -0.2) is 9.59 Å². The Kier molecular flexibility index (Phi) is 8.56. The van der Waals surface area contributed by atoms with Crippen LogP contribution in [0.3, 0.4) is 0 Å². The smallest absolute Gasteiger partial charge is 0.434 e. The molecular weight excluding hydrogens is 404 g/mol. The highest BCUT2D eigenvalue weighted by molar-refractivity contribution is 6.03. The highest BCUT2D eigenvalue weighted by atomic mass is 16.5. The molecule has 1 heterocycles. The van der Waals surface area contributed by atoms with Gasteiger partial charge in [0.25, 0.3) is 0 Å². The van der Waals surface area contributed by atoms with Crippen LogP contribution in [-0.4, -0.2) is 64.0 Å². The number of carboxylic acid groups (broad SMARTS) is 1. The summed E-state index contributed by atoms with van der Waals surface area (Å²) >= 11 is 0. The highest BCUT2D eigenvalue weighted by Gasteiger charge is 2.39. The van der Waals surface area contributed by atoms with Crippen LogP contribution in [0.1, 0.15) is 69.3 Å². The molecule has 0 saturated carbocycles. The maximum absolute atomic E-state index is 13.0. The molecule has 31 heavy (non-hydrogen) atoms. The van der Waals surface area contributed by atoms with E-state index in [9.17, 15) is 19.5 Å². The fourth-order valence-electron chi connectivity index (χ4n) is 2.75. The van der Waals surface area contributed by atoms with Crippen LogP contribution in [0.4, 0.5) is 4.79 Å². The van der Waals surface area contributed by atoms with E-state index in [2.05, 4.69) is 10.4 Å². The van der Waals surface area contributed by atoms with Gasteiger partial charge in [-0.1, -0.05) is 25.0 Å². The topological polar surface area (TPSA) is 161 Å². The first-order valence-electron chi connectivity index (χ1n) is 11.7. The number of nitrogens with one attached hydrogen (secondary N) is 2. The van der Waals surface area contributed by atoms with Crippen LogP contribution in [0.5, 0.6) is 0 Å². The van der Waals surface area contributed by atoms with Crippen LogP contribution < -0.4 is 11.2 Å². The number of allylic oxidation sites excluding steroid dienone is 2. The van der Waals surface area contributed by atoms with Crippen LogP contribution in [0.25, 0.3) is 0 Å². The molecule has 0 fully saturated rings. The Hall–Kier alpha value is -3.11. The first-order chi connectivity index (χ1) is 15.8. The van der Waals surface area contributed by atoms with Crippen LogP contribution in [0, 0.1) is 5.41 Å². The Morgan fingerprint density at radius 1 is 1.26 bits per heavy atom. The van der Waals surface area contributed by atoms with Crippen molar-refractivity contribution in [3.8, 4) is 0 Å². The molecule has 0 bridgehead atoms. The fourth-order valence-corrected chi connectivity index (χ4v) is 2.75. The molecule has 0 unspecified atom stereocenters. The number of hydrogen-bond acceptors (Lipinski definition) is 5. The van der Waals surface area contributed by atoms with Gasteiger partial charge in [-0.3, -0.25) is 15.6 Å². The SMILES string of the molecule is [2H]C([2H])([2H])N1C(=NC(=O)O)N(NC(=N)N)C(=O)CCCCCC/C=C/CCCOC(=O)C1(C)C. The third-order valence-corrected chi connectivity index (χ3v) is 4.56. The van der Waals surface area contributed by atoms with E-state index in [1.807, 2.05) is 12.2 Å². The highest BCUT2D eigenvalue weighted by Crippen LogP contribution is 2.18. The predicted octanol–water partition coefficient (Wildman–Crippen LogP) is 2.19. The second-order valence-corrected chi connectivity index (χ2v) is 7.55. The van der Waals surface area contributed by atoms with Crippen LogP contribution >= 0.6 is 0 Å². The zero-order valence-corrected chi connectivity index (χ0v) is 18.0. The molecule has 0 aromatic rings. The van der Waals surface area contributed by atoms with Crippen LogP contribution in [-0.2, 0) is 14.3 Å². The lowest BCUT2D eigenvalue weighted by Crippen LogP contribution is -2.62. The van der Waals surface area contributed by atoms with Gasteiger partial charge >= 0.3 is 12.1 Å². The lowest BCUT2D eigenvalue weighted by molar-refractivity contribution is -0.154. The first kappa shape index (κ1) is 21.1. The molecule has 0 radical (unpaired) electrons. The average Bonchev–Trinajstić information content (AvgIpc) is 2.69. The molecule has 0 atom stereocenters. The lowest BCUT2D eigenvalue weighted by Gasteiger charge is -2.38. The summed E-state index contributed by atoms with van der Waals surface area (Å²) in [7, 11) is 0. The van der Waals surface area contributed by atoms with Gasteiger partial charge in [0.05, 0.1) is 6.61 Å². The number of likely N-dealkylation sites (N-methyl/N-ethyl adjacent to an activating group) is 1. The fraction of sp³-hybridized carbons (Fsp3) is 0.650. The first-order valence-corrected chi connectivity index (χ1v) is 10.2. The Morgan fingerprint density at radius 2 is 1.90 bits per heavy atom. The molecule has 0 aromatic heterocycles. The van der Waals surface area contributed by atoms with Crippen molar-refractivity contribution in [1.29, 1.82) is 5.41 Å². The number of amides is 2. The molecule has 1 aliphatic heterocycles. The van der Waals surface area contributed by atoms with Crippen molar-refractivity contribution in [3.05, 3.63) is 12.2 Å². The summed E-state index contributed by atoms with van der Waals surface area (Å²) in [5.74, 6) is -3.40. The number of carbonyl (C=O) groups excluding carboxylic acids is 2. The van der Waals surface area contributed by atoms with Crippen LogP contribution in [0.15, 0.2) is 17.1 Å². The number of cyclic esters (lactones) is 1. The summed E-state index contributed by atoms with van der Waals surface area (Å²) in [6.07, 6.45) is 7.10. The van der Waals surface area contributed by atoms with Gasteiger partial charge in [0, 0.05) is 17.5 Å². The van der Waals surface area contributed by atoms with Gasteiger partial charge in [-0.15, -0.1) is 4.99 Å². The average molecular weight is 442 g/mol. The standard InChI is InChI=1S/C20H34N6O5/c1-20(2)16(28)31-14-12-10-8-6-4-5-7-9-11-13-15(27)26(24-17(21)22)18(25(20)3)23-19(29)30/h6,8H,4-5,7,9-14H2,1-3H3,(H,29,30)(H4,21,22,24)/b8-6+,23-18?/i3D3. The van der Waals surface area contributed by atoms with Crippen molar-refractivity contribution >= 4 is 29.9 Å². The van der Waals surface area contributed by atoms with Gasteiger partial charge in [0.2, 0.25) is 17.8 Å². The maximum atomic E-state index is 13.0. The lowest BCUT2D eigenvalue weighted by atomic mass is 10.0. The molecule has 174 valence electrons. The zero-order chi connectivity index (χ0) is 25.9. The summed E-state index contributed by atoms with van der Waals surface area (Å²) in [5, 5.41) is 17.4. The molecule has 5 N–H and O–H groups in total. The second-order valence-electron chi connectivity index (χ2n) is 7.55. The minimum Gasteiger partial charge on any atom is -0.464 e. The van der Waals surface area contributed by atoms with Crippen molar-refractivity contribution in [2.75, 3.05) is 13.6 Å². The van der Waals surface area contributed by atoms with Crippen molar-refractivity contribution in [1.82, 2.24) is 15.3 Å². The number of nitrogens with two attached hydrogens (primary N) is 1. The van der Waals surface area contributed by atoms with Gasteiger partial charge in [-0.2, -0.15) is 5.01 Å². The quantitative estimate of drug-likeness (QED) is 0.208. The number of esters is 1. The van der Waals surface area contributed by atoms with Gasteiger partial charge < -0.3 is 20.5 Å². The number of hydrazine groups is 1. The van der Waals surface area contributed by atoms with E-state index in [0.29, 0.717) is 35.6 Å². The van der Waals surface area contributed by atoms with Gasteiger partial charge in [0.15, 0.2) is 0 Å². The predicted molar refractivity (Wildman–Crippen MR) is 116 cm³/mol. The third kappa shape index (κ3) is 8.65. The number of aliphatic imine (C=N–C) groups is 1. The van der Waals surface area contributed by atoms with E-state index in [1.165, 1.54) is 13.8 Å². The molecule has 1 rings (SSSR count). The number of carbonyl (C=O) groups is 3. The van der Waals surface area contributed by atoms with E-state index in [1.54, 1.807) is 0 Å². The van der Waals surface area contributed by atoms with E-state index < -0.39 is 42.4 Å². The summed E-state index contributed by atoms with van der Waals surface area (Å²) in [5.41, 5.74) is 5.56. The monoisotopic (exact) mass is 441 g/mol. The summed E-state index contributed by atoms with van der Waals surface area (Å²) in [4.78, 5) is 41.1. The second kappa shape index (κ2) is 12.6. The molecule has 0 aliphatic carbocycles. The molecule has 11 heteroatoms. The summed E-state index contributed by atoms with van der Waals surface area (Å²) in [6, 6.07) is 0. The molecule has 0 spiro atoms. The van der Waals surface area contributed by atoms with Crippen molar-refractivity contribution in [2.45, 2.75) is 70.8 Å². The van der Waals surface area contributed by atoms with Crippen molar-refractivity contribution in [3.63, 3.8) is 0 Å². The Bertz CT molecular complexity index is 813. The van der Waals surface area contributed by atoms with Gasteiger partial charge in [0.1, 0.15) is 5.54 Å². The Morgan fingerprint density at radius 3 is 2.52 bits per heavy atom. The summed E-state index contributed by atoms with van der Waals surface area (Å²) in [6.45, 7) is -0.681. The number of nitrogens with zero attached hydrogens (tertiary/aromatic N) is 3.